The highest BCUT2D eigenvalue weighted by molar-refractivity contribution is 5.44. The Morgan fingerprint density at radius 2 is 1.67 bits per heavy atom. The molecule has 1 N–H and O–H groups in total. The summed E-state index contributed by atoms with van der Waals surface area (Å²) < 4.78 is 16.9. The number of rotatable bonds is 11. The number of methoxy groups -OCH3 is 1. The molecule has 1 unspecified atom stereocenters. The quantitative estimate of drug-likeness (QED) is 0.677. The van der Waals surface area contributed by atoms with Crippen LogP contribution in [-0.4, -0.2) is 33.5 Å². The molecule has 0 heterocycles. The molecule has 120 valence electrons. The maximum absolute atomic E-state index is 5.84. The third kappa shape index (κ3) is 5.94. The number of nitrogens with one attached hydrogen (secondary N) is 1. The van der Waals surface area contributed by atoms with Crippen molar-refractivity contribution in [3.8, 4) is 11.5 Å². The van der Waals surface area contributed by atoms with E-state index in [4.69, 9.17) is 14.2 Å². The molecule has 1 aromatic rings. The average Bonchev–Trinajstić information content (AvgIpc) is 2.51. The summed E-state index contributed by atoms with van der Waals surface area (Å²) in [5.41, 5.74) is 1.16. The lowest BCUT2D eigenvalue weighted by atomic mass is 10.1. The zero-order valence-electron chi connectivity index (χ0n) is 13.8. The summed E-state index contributed by atoms with van der Waals surface area (Å²) in [4.78, 5) is 0. The molecule has 0 bridgehead atoms. The van der Waals surface area contributed by atoms with Gasteiger partial charge in [0, 0.05) is 7.11 Å². The molecule has 0 aliphatic heterocycles. The minimum absolute atomic E-state index is 0.171. The van der Waals surface area contributed by atoms with Gasteiger partial charge in [0.15, 0.2) is 11.5 Å². The Morgan fingerprint density at radius 1 is 1.00 bits per heavy atom. The van der Waals surface area contributed by atoms with Gasteiger partial charge in [0.2, 0.25) is 0 Å². The van der Waals surface area contributed by atoms with Crippen LogP contribution in [0.5, 0.6) is 11.5 Å². The summed E-state index contributed by atoms with van der Waals surface area (Å²) >= 11 is 0. The minimum atomic E-state index is 0.171. The van der Waals surface area contributed by atoms with Crippen LogP contribution < -0.4 is 14.8 Å². The largest absolute Gasteiger partial charge is 0.490 e. The maximum Gasteiger partial charge on any atom is 0.161 e. The van der Waals surface area contributed by atoms with Crippen LogP contribution in [-0.2, 0) is 4.74 Å². The number of hydrogen-bond donors (Lipinski definition) is 1. The Bertz CT molecular complexity index is 390. The summed E-state index contributed by atoms with van der Waals surface area (Å²) in [5, 5.41) is 3.42. The first-order chi connectivity index (χ1) is 10.3. The van der Waals surface area contributed by atoms with E-state index < -0.39 is 0 Å². The van der Waals surface area contributed by atoms with Crippen molar-refractivity contribution in [3.63, 3.8) is 0 Å². The Hall–Kier alpha value is -1.26. The molecule has 4 heteroatoms. The molecule has 0 radical (unpaired) electrons. The van der Waals surface area contributed by atoms with Crippen molar-refractivity contribution in [1.29, 1.82) is 0 Å². The normalized spacial score (nSPS) is 12.2. The molecule has 0 spiro atoms. The number of benzene rings is 1. The Morgan fingerprint density at radius 3 is 2.24 bits per heavy atom. The van der Waals surface area contributed by atoms with Crippen LogP contribution in [0.2, 0.25) is 0 Å². The fraction of sp³-hybridized carbons (Fsp3) is 0.647. The van der Waals surface area contributed by atoms with E-state index in [0.29, 0.717) is 19.8 Å². The second-order valence-electron chi connectivity index (χ2n) is 4.97. The van der Waals surface area contributed by atoms with Crippen molar-refractivity contribution in [1.82, 2.24) is 5.32 Å². The first-order valence-corrected chi connectivity index (χ1v) is 7.88. The van der Waals surface area contributed by atoms with Crippen LogP contribution in [0.15, 0.2) is 18.2 Å². The molecule has 0 aromatic heterocycles. The van der Waals surface area contributed by atoms with Gasteiger partial charge < -0.3 is 19.5 Å². The highest BCUT2D eigenvalue weighted by Gasteiger charge is 2.14. The predicted octanol–water partition coefficient (Wildman–Crippen LogP) is 3.56. The first kappa shape index (κ1) is 17.8. The van der Waals surface area contributed by atoms with Gasteiger partial charge in [0.1, 0.15) is 0 Å². The van der Waals surface area contributed by atoms with E-state index in [0.717, 1.165) is 36.4 Å². The number of ether oxygens (including phenoxy) is 3. The van der Waals surface area contributed by atoms with Gasteiger partial charge in [-0.25, -0.2) is 0 Å². The third-order valence-electron chi connectivity index (χ3n) is 3.08. The first-order valence-electron chi connectivity index (χ1n) is 7.88. The number of hydrogen-bond acceptors (Lipinski definition) is 4. The summed E-state index contributed by atoms with van der Waals surface area (Å²) in [6, 6.07) is 6.31. The van der Waals surface area contributed by atoms with Gasteiger partial charge in [-0.1, -0.05) is 26.8 Å². The van der Waals surface area contributed by atoms with Crippen molar-refractivity contribution < 1.29 is 14.2 Å². The highest BCUT2D eigenvalue weighted by atomic mass is 16.5. The molecule has 4 nitrogen and oxygen atoms in total. The predicted molar refractivity (Wildman–Crippen MR) is 86.3 cm³/mol. The molecular weight excluding hydrogens is 266 g/mol. The maximum atomic E-state index is 5.84. The molecule has 0 fully saturated rings. The molecule has 1 atom stereocenters. The summed E-state index contributed by atoms with van der Waals surface area (Å²) in [6.07, 6.45) is 1.96. The molecule has 1 rings (SSSR count). The van der Waals surface area contributed by atoms with Crippen molar-refractivity contribution in [2.75, 3.05) is 33.5 Å². The Kier molecular flexibility index (Phi) is 8.87. The topological polar surface area (TPSA) is 39.7 Å². The van der Waals surface area contributed by atoms with E-state index in [-0.39, 0.29) is 6.04 Å². The van der Waals surface area contributed by atoms with Crippen LogP contribution in [0, 0.1) is 0 Å². The van der Waals surface area contributed by atoms with Crippen molar-refractivity contribution in [2.24, 2.45) is 0 Å². The van der Waals surface area contributed by atoms with Gasteiger partial charge in [-0.05, 0) is 37.1 Å². The van der Waals surface area contributed by atoms with Gasteiger partial charge >= 0.3 is 0 Å². The molecule has 0 saturated heterocycles. The van der Waals surface area contributed by atoms with E-state index in [9.17, 15) is 0 Å². The number of likely N-dealkylation sites (N-methyl/N-ethyl adjacent to an activating group) is 1. The fourth-order valence-corrected chi connectivity index (χ4v) is 2.08. The van der Waals surface area contributed by atoms with E-state index in [1.165, 1.54) is 0 Å². The van der Waals surface area contributed by atoms with Gasteiger partial charge in [0.05, 0.1) is 25.9 Å². The van der Waals surface area contributed by atoms with Gasteiger partial charge in [-0.3, -0.25) is 0 Å². The third-order valence-corrected chi connectivity index (χ3v) is 3.08. The van der Waals surface area contributed by atoms with Gasteiger partial charge in [0.25, 0.3) is 0 Å². The molecule has 21 heavy (non-hydrogen) atoms. The monoisotopic (exact) mass is 295 g/mol. The summed E-state index contributed by atoms with van der Waals surface area (Å²) in [5.74, 6) is 1.64. The van der Waals surface area contributed by atoms with Crippen molar-refractivity contribution in [3.05, 3.63) is 23.8 Å². The van der Waals surface area contributed by atoms with Gasteiger partial charge in [-0.15, -0.1) is 0 Å². The average molecular weight is 295 g/mol. The lowest BCUT2D eigenvalue weighted by Gasteiger charge is -2.20. The Labute approximate surface area is 128 Å². The summed E-state index contributed by atoms with van der Waals surface area (Å²) in [6.45, 7) is 9.22. The second-order valence-corrected chi connectivity index (χ2v) is 4.97. The fourth-order valence-electron chi connectivity index (χ4n) is 2.08. The molecule has 0 aliphatic carbocycles. The molecule has 0 saturated carbocycles. The zero-order chi connectivity index (χ0) is 15.5. The standard InChI is InChI=1S/C17H29NO3/c1-5-10-20-16-9-8-14(12-17(16)21-11-6-2)15(13-19-4)18-7-3/h8-9,12,15,18H,5-7,10-11,13H2,1-4H3. The minimum Gasteiger partial charge on any atom is -0.490 e. The van der Waals surface area contributed by atoms with Crippen LogP contribution in [0.1, 0.15) is 45.2 Å². The zero-order valence-corrected chi connectivity index (χ0v) is 13.8. The van der Waals surface area contributed by atoms with E-state index >= 15 is 0 Å². The van der Waals surface area contributed by atoms with Crippen LogP contribution >= 0.6 is 0 Å². The van der Waals surface area contributed by atoms with E-state index in [1.54, 1.807) is 7.11 Å². The van der Waals surface area contributed by atoms with Crippen LogP contribution in [0.4, 0.5) is 0 Å². The lowest BCUT2D eigenvalue weighted by molar-refractivity contribution is 0.167. The van der Waals surface area contributed by atoms with Crippen molar-refractivity contribution >= 4 is 0 Å². The van der Waals surface area contributed by atoms with E-state index in [2.05, 4.69) is 38.2 Å². The SMILES string of the molecule is CCCOc1ccc(C(COC)NCC)cc1OCCC. The second kappa shape index (κ2) is 10.5. The van der Waals surface area contributed by atoms with Gasteiger partial charge in [-0.2, -0.15) is 0 Å². The molecule has 0 aliphatic rings. The molecule has 1 aromatic carbocycles. The lowest BCUT2D eigenvalue weighted by Crippen LogP contribution is -2.24. The smallest absolute Gasteiger partial charge is 0.161 e. The molecular formula is C17H29NO3. The van der Waals surface area contributed by atoms with Crippen molar-refractivity contribution in [2.45, 2.75) is 39.7 Å². The summed E-state index contributed by atoms with van der Waals surface area (Å²) in [7, 11) is 1.72. The van der Waals surface area contributed by atoms with E-state index in [1.807, 2.05) is 6.07 Å². The van der Waals surface area contributed by atoms with Crippen LogP contribution in [0.25, 0.3) is 0 Å². The Balaban J connectivity index is 2.94. The highest BCUT2D eigenvalue weighted by Crippen LogP contribution is 2.31. The molecule has 0 amide bonds. The van der Waals surface area contributed by atoms with Crippen LogP contribution in [0.3, 0.4) is 0 Å².